The second-order valence-corrected chi connectivity index (χ2v) is 7.13. The SMILES string of the molecule is CCOC(=O)c1ccc(S(=O)(=O)Oc2ccccc2C(N)=O)c(Br)c1. The smallest absolute Gasteiger partial charge is 0.340 e. The number of hydrogen-bond donors (Lipinski definition) is 1. The summed E-state index contributed by atoms with van der Waals surface area (Å²) in [5, 5.41) is 0. The zero-order chi connectivity index (χ0) is 18.6. The Labute approximate surface area is 153 Å². The van der Waals surface area contributed by atoms with Crippen LogP contribution in [0, 0.1) is 0 Å². The molecule has 25 heavy (non-hydrogen) atoms. The second-order valence-electron chi connectivity index (χ2n) is 4.76. The first kappa shape index (κ1) is 18.9. The molecule has 0 aliphatic carbocycles. The molecule has 1 amide bonds. The van der Waals surface area contributed by atoms with Crippen molar-refractivity contribution in [2.75, 3.05) is 6.61 Å². The van der Waals surface area contributed by atoms with Gasteiger partial charge in [0.15, 0.2) is 5.75 Å². The Morgan fingerprint density at radius 3 is 2.44 bits per heavy atom. The van der Waals surface area contributed by atoms with Crippen LogP contribution in [0.1, 0.15) is 27.6 Å². The maximum atomic E-state index is 12.5. The fourth-order valence-electron chi connectivity index (χ4n) is 1.95. The first-order valence-electron chi connectivity index (χ1n) is 7.06. The normalized spacial score (nSPS) is 11.0. The first-order chi connectivity index (χ1) is 11.8. The lowest BCUT2D eigenvalue weighted by atomic mass is 10.2. The molecule has 0 atom stereocenters. The van der Waals surface area contributed by atoms with Gasteiger partial charge in [-0.1, -0.05) is 12.1 Å². The number of carbonyl (C=O) groups excluding carboxylic acids is 2. The molecule has 0 radical (unpaired) electrons. The molecule has 7 nitrogen and oxygen atoms in total. The van der Waals surface area contributed by atoms with Gasteiger partial charge in [0.05, 0.1) is 17.7 Å². The number of benzene rings is 2. The van der Waals surface area contributed by atoms with Crippen molar-refractivity contribution >= 4 is 37.9 Å². The van der Waals surface area contributed by atoms with Crippen molar-refractivity contribution in [1.82, 2.24) is 0 Å². The number of nitrogens with two attached hydrogens (primary N) is 1. The lowest BCUT2D eigenvalue weighted by Gasteiger charge is -2.11. The van der Waals surface area contributed by atoms with E-state index in [1.54, 1.807) is 6.92 Å². The summed E-state index contributed by atoms with van der Waals surface area (Å²) < 4.78 is 35.0. The summed E-state index contributed by atoms with van der Waals surface area (Å²) in [4.78, 5) is 22.9. The van der Waals surface area contributed by atoms with Gasteiger partial charge in [0.2, 0.25) is 0 Å². The Morgan fingerprint density at radius 2 is 1.84 bits per heavy atom. The Morgan fingerprint density at radius 1 is 1.16 bits per heavy atom. The summed E-state index contributed by atoms with van der Waals surface area (Å²) >= 11 is 3.10. The van der Waals surface area contributed by atoms with Gasteiger partial charge in [0, 0.05) is 4.47 Å². The monoisotopic (exact) mass is 427 g/mol. The molecule has 0 aliphatic rings. The van der Waals surface area contributed by atoms with Crippen molar-refractivity contribution in [3.63, 3.8) is 0 Å². The third-order valence-electron chi connectivity index (χ3n) is 3.06. The number of halogens is 1. The highest BCUT2D eigenvalue weighted by molar-refractivity contribution is 9.10. The summed E-state index contributed by atoms with van der Waals surface area (Å²) in [5.41, 5.74) is 5.33. The van der Waals surface area contributed by atoms with Crippen molar-refractivity contribution < 1.29 is 26.9 Å². The summed E-state index contributed by atoms with van der Waals surface area (Å²) in [7, 11) is -4.26. The molecule has 2 N–H and O–H groups in total. The molecule has 0 bridgehead atoms. The standard InChI is InChI=1S/C16H14BrNO6S/c1-2-23-16(20)10-7-8-14(12(17)9-10)25(21,22)24-13-6-4-3-5-11(13)15(18)19/h3-9H,2H2,1H3,(H2,18,19). The van der Waals surface area contributed by atoms with E-state index in [4.69, 9.17) is 14.7 Å². The van der Waals surface area contributed by atoms with Crippen LogP contribution in [-0.4, -0.2) is 26.9 Å². The van der Waals surface area contributed by atoms with Crippen LogP contribution in [0.2, 0.25) is 0 Å². The Bertz CT molecular complexity index is 926. The van der Waals surface area contributed by atoms with Crippen LogP contribution in [0.15, 0.2) is 51.8 Å². The van der Waals surface area contributed by atoms with E-state index >= 15 is 0 Å². The molecule has 0 fully saturated rings. The van der Waals surface area contributed by atoms with E-state index in [2.05, 4.69) is 15.9 Å². The number of hydrogen-bond acceptors (Lipinski definition) is 6. The van der Waals surface area contributed by atoms with Crippen LogP contribution in [0.4, 0.5) is 0 Å². The van der Waals surface area contributed by atoms with Crippen molar-refractivity contribution in [3.8, 4) is 5.75 Å². The van der Waals surface area contributed by atoms with Crippen molar-refractivity contribution in [3.05, 3.63) is 58.1 Å². The maximum Gasteiger partial charge on any atom is 0.340 e. The van der Waals surface area contributed by atoms with Gasteiger partial charge in [-0.3, -0.25) is 4.79 Å². The number of esters is 1. The first-order valence-corrected chi connectivity index (χ1v) is 9.26. The van der Waals surface area contributed by atoms with Crippen LogP contribution < -0.4 is 9.92 Å². The Kier molecular flexibility index (Phi) is 5.81. The molecule has 2 rings (SSSR count). The number of amides is 1. The molecule has 0 saturated heterocycles. The van der Waals surface area contributed by atoms with Crippen LogP contribution in [0.3, 0.4) is 0 Å². The highest BCUT2D eigenvalue weighted by atomic mass is 79.9. The van der Waals surface area contributed by atoms with Gasteiger partial charge >= 0.3 is 16.1 Å². The third kappa shape index (κ3) is 4.37. The summed E-state index contributed by atoms with van der Waals surface area (Å²) in [6.45, 7) is 1.86. The molecular weight excluding hydrogens is 414 g/mol. The fourth-order valence-corrected chi connectivity index (χ4v) is 3.93. The number of carbonyl (C=O) groups is 2. The molecule has 9 heteroatoms. The van der Waals surface area contributed by atoms with Crippen molar-refractivity contribution in [1.29, 1.82) is 0 Å². The highest BCUT2D eigenvalue weighted by Crippen LogP contribution is 2.28. The van der Waals surface area contributed by atoms with E-state index in [-0.39, 0.29) is 32.9 Å². The van der Waals surface area contributed by atoms with Gasteiger partial charge in [-0.05, 0) is 53.2 Å². The van der Waals surface area contributed by atoms with Crippen molar-refractivity contribution in [2.45, 2.75) is 11.8 Å². The number of ether oxygens (including phenoxy) is 1. The van der Waals surface area contributed by atoms with E-state index in [1.807, 2.05) is 0 Å². The molecule has 0 spiro atoms. The average molecular weight is 428 g/mol. The summed E-state index contributed by atoms with van der Waals surface area (Å²) in [5.74, 6) is -1.58. The predicted octanol–water partition coefficient (Wildman–Crippen LogP) is 2.49. The van der Waals surface area contributed by atoms with Gasteiger partial charge in [0.1, 0.15) is 4.90 Å². The molecule has 0 saturated carbocycles. The van der Waals surface area contributed by atoms with Gasteiger partial charge in [0.25, 0.3) is 5.91 Å². The van der Waals surface area contributed by atoms with Crippen LogP contribution >= 0.6 is 15.9 Å². The zero-order valence-corrected chi connectivity index (χ0v) is 15.5. The topological polar surface area (TPSA) is 113 Å². The summed E-state index contributed by atoms with van der Waals surface area (Å²) in [6.07, 6.45) is 0. The number of primary amides is 1. The van der Waals surface area contributed by atoms with Crippen LogP contribution in [-0.2, 0) is 14.9 Å². The van der Waals surface area contributed by atoms with E-state index in [1.165, 1.54) is 42.5 Å². The molecule has 2 aromatic carbocycles. The van der Waals surface area contributed by atoms with Crippen LogP contribution in [0.5, 0.6) is 5.75 Å². The van der Waals surface area contributed by atoms with Gasteiger partial charge in [-0.25, -0.2) is 4.79 Å². The van der Waals surface area contributed by atoms with E-state index in [0.717, 1.165) is 0 Å². The van der Waals surface area contributed by atoms with E-state index in [0.29, 0.717) is 0 Å². The third-order valence-corrected chi connectivity index (χ3v) is 5.28. The average Bonchev–Trinajstić information content (AvgIpc) is 2.54. The maximum absolute atomic E-state index is 12.5. The fraction of sp³-hybridized carbons (Fsp3) is 0.125. The van der Waals surface area contributed by atoms with Crippen molar-refractivity contribution in [2.24, 2.45) is 5.73 Å². The van der Waals surface area contributed by atoms with E-state index < -0.39 is 22.0 Å². The van der Waals surface area contributed by atoms with Gasteiger partial charge < -0.3 is 14.7 Å². The Hall–Kier alpha value is -2.39. The van der Waals surface area contributed by atoms with Gasteiger partial charge in [-0.2, -0.15) is 8.42 Å². The minimum atomic E-state index is -4.26. The Balaban J connectivity index is 2.38. The zero-order valence-electron chi connectivity index (χ0n) is 13.1. The molecule has 0 unspecified atom stereocenters. The van der Waals surface area contributed by atoms with E-state index in [9.17, 15) is 18.0 Å². The summed E-state index contributed by atoms with van der Waals surface area (Å²) in [6, 6.07) is 9.54. The molecule has 0 aromatic heterocycles. The molecule has 0 heterocycles. The predicted molar refractivity (Wildman–Crippen MR) is 92.9 cm³/mol. The molecule has 2 aromatic rings. The molecular formula is C16H14BrNO6S. The minimum Gasteiger partial charge on any atom is -0.462 e. The lowest BCUT2D eigenvalue weighted by Crippen LogP contribution is -2.16. The van der Waals surface area contributed by atoms with Crippen LogP contribution in [0.25, 0.3) is 0 Å². The number of rotatable bonds is 6. The molecule has 0 aliphatic heterocycles. The largest absolute Gasteiger partial charge is 0.462 e. The number of para-hydroxylation sites is 1. The highest BCUT2D eigenvalue weighted by Gasteiger charge is 2.23. The molecule has 132 valence electrons. The quantitative estimate of drug-likeness (QED) is 0.559. The second kappa shape index (κ2) is 7.66. The lowest BCUT2D eigenvalue weighted by molar-refractivity contribution is 0.0526. The van der Waals surface area contributed by atoms with Gasteiger partial charge in [-0.15, -0.1) is 0 Å². The minimum absolute atomic E-state index is 0.0645.